The number of rotatable bonds is 2. The van der Waals surface area contributed by atoms with E-state index in [2.05, 4.69) is 0 Å². The zero-order chi connectivity index (χ0) is 18.9. The molecule has 3 rings (SSSR count). The van der Waals surface area contributed by atoms with E-state index in [-0.39, 0.29) is 10.9 Å². The van der Waals surface area contributed by atoms with E-state index in [1.807, 2.05) is 4.90 Å². The molecular formula is C18H15Cl2F3N2O. The highest BCUT2D eigenvalue weighted by Crippen LogP contribution is 2.32. The van der Waals surface area contributed by atoms with E-state index in [0.717, 1.165) is 12.1 Å². The highest BCUT2D eigenvalue weighted by atomic mass is 35.5. The Kier molecular flexibility index (Phi) is 5.34. The normalized spacial score (nSPS) is 15.3. The highest BCUT2D eigenvalue weighted by Gasteiger charge is 2.31. The smallest absolute Gasteiger partial charge is 0.368 e. The molecule has 1 aliphatic rings. The molecule has 138 valence electrons. The second-order valence-electron chi connectivity index (χ2n) is 5.95. The summed E-state index contributed by atoms with van der Waals surface area (Å²) in [5, 5.41) is 0.726. The van der Waals surface area contributed by atoms with Gasteiger partial charge in [-0.2, -0.15) is 13.2 Å². The molecule has 0 radical (unpaired) electrons. The Bertz CT molecular complexity index is 818. The van der Waals surface area contributed by atoms with Crippen molar-refractivity contribution in [1.82, 2.24) is 4.90 Å². The predicted molar refractivity (Wildman–Crippen MR) is 96.0 cm³/mol. The second-order valence-corrected chi connectivity index (χ2v) is 6.80. The standard InChI is InChI=1S/C18H15Cl2F3N2O/c19-13-4-5-15(16(20)11-13)17(26)25-8-6-24(7-9-25)14-3-1-2-12(10-14)18(21,22)23/h1-5,10-11H,6-9H2. The topological polar surface area (TPSA) is 23.6 Å². The minimum absolute atomic E-state index is 0.213. The number of hydrogen-bond donors (Lipinski definition) is 0. The Morgan fingerprint density at radius 3 is 2.27 bits per heavy atom. The number of nitrogens with zero attached hydrogens (tertiary/aromatic N) is 2. The lowest BCUT2D eigenvalue weighted by molar-refractivity contribution is -0.137. The number of anilines is 1. The fraction of sp³-hybridized carbons (Fsp3) is 0.278. The van der Waals surface area contributed by atoms with Gasteiger partial charge >= 0.3 is 6.18 Å². The second kappa shape index (κ2) is 7.37. The molecule has 8 heteroatoms. The van der Waals surface area contributed by atoms with E-state index in [1.165, 1.54) is 12.1 Å². The monoisotopic (exact) mass is 402 g/mol. The molecule has 0 atom stereocenters. The Morgan fingerprint density at radius 1 is 0.962 bits per heavy atom. The van der Waals surface area contributed by atoms with Crippen molar-refractivity contribution in [1.29, 1.82) is 0 Å². The average molecular weight is 403 g/mol. The van der Waals surface area contributed by atoms with Crippen molar-refractivity contribution in [3.05, 3.63) is 63.6 Å². The SMILES string of the molecule is O=C(c1ccc(Cl)cc1Cl)N1CCN(c2cccc(C(F)(F)F)c2)CC1. The molecule has 0 bridgehead atoms. The molecule has 1 aliphatic heterocycles. The van der Waals surface area contributed by atoms with E-state index in [9.17, 15) is 18.0 Å². The Hall–Kier alpha value is -1.92. The van der Waals surface area contributed by atoms with E-state index in [0.29, 0.717) is 42.5 Å². The molecule has 2 aromatic carbocycles. The summed E-state index contributed by atoms with van der Waals surface area (Å²) in [5.41, 5.74) is 0.182. The first kappa shape index (κ1) is 18.9. The maximum absolute atomic E-state index is 12.9. The minimum Gasteiger partial charge on any atom is -0.368 e. The zero-order valence-corrected chi connectivity index (χ0v) is 15.1. The Labute approximate surface area is 158 Å². The number of piperazine rings is 1. The minimum atomic E-state index is -4.38. The number of carbonyl (C=O) groups excluding carboxylic acids is 1. The van der Waals surface area contributed by atoms with Crippen LogP contribution in [0.2, 0.25) is 10.0 Å². The quantitative estimate of drug-likeness (QED) is 0.707. The lowest BCUT2D eigenvalue weighted by Crippen LogP contribution is -2.48. The lowest BCUT2D eigenvalue weighted by atomic mass is 10.1. The summed E-state index contributed by atoms with van der Waals surface area (Å²) in [6.45, 7) is 1.68. The molecule has 0 aromatic heterocycles. The molecule has 0 spiro atoms. The van der Waals surface area contributed by atoms with Crippen LogP contribution in [0.5, 0.6) is 0 Å². The first-order chi connectivity index (χ1) is 12.3. The van der Waals surface area contributed by atoms with Gasteiger partial charge in [-0.3, -0.25) is 4.79 Å². The van der Waals surface area contributed by atoms with Gasteiger partial charge in [-0.1, -0.05) is 29.3 Å². The molecule has 0 N–H and O–H groups in total. The summed E-state index contributed by atoms with van der Waals surface area (Å²) in [7, 11) is 0. The average Bonchev–Trinajstić information content (AvgIpc) is 2.61. The van der Waals surface area contributed by atoms with Gasteiger partial charge in [0.25, 0.3) is 5.91 Å². The Morgan fingerprint density at radius 2 is 1.65 bits per heavy atom. The van der Waals surface area contributed by atoms with Crippen molar-refractivity contribution in [3.8, 4) is 0 Å². The van der Waals surface area contributed by atoms with Crippen LogP contribution < -0.4 is 4.90 Å². The van der Waals surface area contributed by atoms with Crippen LogP contribution >= 0.6 is 23.2 Å². The van der Waals surface area contributed by atoms with Crippen molar-refractivity contribution < 1.29 is 18.0 Å². The number of amides is 1. The molecule has 26 heavy (non-hydrogen) atoms. The Balaban J connectivity index is 1.68. The molecule has 2 aromatic rings. The molecule has 1 amide bonds. The van der Waals surface area contributed by atoms with Gasteiger partial charge in [-0.15, -0.1) is 0 Å². The van der Waals surface area contributed by atoms with Crippen LogP contribution in [0, 0.1) is 0 Å². The third-order valence-electron chi connectivity index (χ3n) is 4.27. The summed E-state index contributed by atoms with van der Waals surface area (Å²) in [5.74, 6) is -0.213. The van der Waals surface area contributed by atoms with E-state index in [1.54, 1.807) is 23.1 Å². The van der Waals surface area contributed by atoms with E-state index in [4.69, 9.17) is 23.2 Å². The number of carbonyl (C=O) groups is 1. The van der Waals surface area contributed by atoms with Gasteiger partial charge in [0.15, 0.2) is 0 Å². The number of benzene rings is 2. The van der Waals surface area contributed by atoms with Gasteiger partial charge in [-0.05, 0) is 36.4 Å². The number of halogens is 5. The summed E-state index contributed by atoms with van der Waals surface area (Å²) >= 11 is 11.9. The van der Waals surface area contributed by atoms with E-state index >= 15 is 0 Å². The molecule has 1 saturated heterocycles. The van der Waals surface area contributed by atoms with Crippen LogP contribution in [0.4, 0.5) is 18.9 Å². The molecule has 3 nitrogen and oxygen atoms in total. The first-order valence-electron chi connectivity index (χ1n) is 7.92. The van der Waals surface area contributed by atoms with Crippen LogP contribution in [-0.4, -0.2) is 37.0 Å². The first-order valence-corrected chi connectivity index (χ1v) is 8.68. The fourth-order valence-corrected chi connectivity index (χ4v) is 3.37. The molecule has 0 saturated carbocycles. The lowest BCUT2D eigenvalue weighted by Gasteiger charge is -2.36. The van der Waals surface area contributed by atoms with E-state index < -0.39 is 11.7 Å². The van der Waals surface area contributed by atoms with Gasteiger partial charge in [0.05, 0.1) is 16.1 Å². The van der Waals surface area contributed by atoms with Crippen molar-refractivity contribution in [3.63, 3.8) is 0 Å². The van der Waals surface area contributed by atoms with Gasteiger partial charge in [0.2, 0.25) is 0 Å². The highest BCUT2D eigenvalue weighted by molar-refractivity contribution is 6.36. The zero-order valence-electron chi connectivity index (χ0n) is 13.6. The van der Waals surface area contributed by atoms with Crippen LogP contribution in [0.3, 0.4) is 0 Å². The maximum Gasteiger partial charge on any atom is 0.416 e. The maximum atomic E-state index is 12.9. The van der Waals surface area contributed by atoms with Crippen molar-refractivity contribution >= 4 is 34.8 Å². The third-order valence-corrected chi connectivity index (χ3v) is 4.81. The molecule has 0 aliphatic carbocycles. The van der Waals surface area contributed by atoms with Crippen LogP contribution in [0.15, 0.2) is 42.5 Å². The number of alkyl halides is 3. The predicted octanol–water partition coefficient (Wildman–Crippen LogP) is 4.97. The summed E-state index contributed by atoms with van der Waals surface area (Å²) < 4.78 is 38.6. The summed E-state index contributed by atoms with van der Waals surface area (Å²) in [4.78, 5) is 16.1. The molecule has 0 unspecified atom stereocenters. The molecular weight excluding hydrogens is 388 g/mol. The van der Waals surface area contributed by atoms with Crippen LogP contribution in [0.1, 0.15) is 15.9 Å². The van der Waals surface area contributed by atoms with Gasteiger partial charge in [0, 0.05) is 36.9 Å². The molecule has 1 heterocycles. The molecule has 1 fully saturated rings. The van der Waals surface area contributed by atoms with Gasteiger partial charge < -0.3 is 9.80 Å². The van der Waals surface area contributed by atoms with Crippen molar-refractivity contribution in [2.45, 2.75) is 6.18 Å². The summed E-state index contributed by atoms with van der Waals surface area (Å²) in [6, 6.07) is 9.90. The third kappa shape index (κ3) is 4.07. The number of hydrogen-bond acceptors (Lipinski definition) is 2. The fourth-order valence-electron chi connectivity index (χ4n) is 2.88. The van der Waals surface area contributed by atoms with Gasteiger partial charge in [-0.25, -0.2) is 0 Å². The van der Waals surface area contributed by atoms with Gasteiger partial charge in [0.1, 0.15) is 0 Å². The largest absolute Gasteiger partial charge is 0.416 e. The van der Waals surface area contributed by atoms with Crippen LogP contribution in [0.25, 0.3) is 0 Å². The van der Waals surface area contributed by atoms with Crippen LogP contribution in [-0.2, 0) is 6.18 Å². The van der Waals surface area contributed by atoms with Crippen molar-refractivity contribution in [2.75, 3.05) is 31.1 Å². The summed E-state index contributed by atoms with van der Waals surface area (Å²) in [6.07, 6.45) is -4.38. The van der Waals surface area contributed by atoms with Crippen molar-refractivity contribution in [2.24, 2.45) is 0 Å².